The van der Waals surface area contributed by atoms with Crippen LogP contribution in [0, 0.1) is 0 Å². The van der Waals surface area contributed by atoms with Crippen molar-refractivity contribution >= 4 is 23.4 Å². The fourth-order valence-corrected chi connectivity index (χ4v) is 3.07. The second-order valence-electron chi connectivity index (χ2n) is 5.24. The quantitative estimate of drug-likeness (QED) is 0.624. The number of para-hydroxylation sites is 1. The summed E-state index contributed by atoms with van der Waals surface area (Å²) in [4.78, 5) is 4.49. The third-order valence-electron chi connectivity index (χ3n) is 3.64. The molecule has 2 aromatic carbocycles. The number of hydrogen-bond acceptors (Lipinski definition) is 5. The molecule has 2 N–H and O–H groups in total. The van der Waals surface area contributed by atoms with Crippen LogP contribution in [0.25, 0.3) is 0 Å². The Morgan fingerprint density at radius 3 is 2.67 bits per heavy atom. The van der Waals surface area contributed by atoms with E-state index in [1.807, 2.05) is 30.3 Å². The summed E-state index contributed by atoms with van der Waals surface area (Å²) in [5.74, 6) is 2.34. The van der Waals surface area contributed by atoms with Crippen molar-refractivity contribution in [3.8, 4) is 5.75 Å². The minimum atomic E-state index is 0.660. The Balaban J connectivity index is 1.60. The van der Waals surface area contributed by atoms with Crippen molar-refractivity contribution in [3.63, 3.8) is 0 Å². The van der Waals surface area contributed by atoms with Gasteiger partial charge in [-0.05, 0) is 35.7 Å². The van der Waals surface area contributed by atoms with E-state index >= 15 is 0 Å². The number of thioether (sulfide) groups is 1. The van der Waals surface area contributed by atoms with Crippen LogP contribution in [-0.2, 0) is 12.2 Å². The standard InChI is InChI=1S/C18H20N4OS/c1-3-14-6-4-5-7-16(14)19-17-20-18(22-21-17)24-12-13-8-10-15(23-2)11-9-13/h4-11H,3,12H2,1-2H3,(H2,19,20,21,22). The third kappa shape index (κ3) is 4.08. The monoisotopic (exact) mass is 340 g/mol. The highest BCUT2D eigenvalue weighted by Gasteiger charge is 2.06. The molecule has 0 amide bonds. The molecule has 0 aliphatic heterocycles. The van der Waals surface area contributed by atoms with E-state index in [-0.39, 0.29) is 0 Å². The Kier molecular flexibility index (Phi) is 5.38. The van der Waals surface area contributed by atoms with E-state index in [1.54, 1.807) is 18.9 Å². The first-order valence-electron chi connectivity index (χ1n) is 7.81. The number of methoxy groups -OCH3 is 1. The summed E-state index contributed by atoms with van der Waals surface area (Å²) in [6, 6.07) is 16.2. The Bertz CT molecular complexity index is 786. The van der Waals surface area contributed by atoms with Crippen molar-refractivity contribution in [3.05, 3.63) is 59.7 Å². The lowest BCUT2D eigenvalue weighted by molar-refractivity contribution is 0.414. The van der Waals surface area contributed by atoms with Crippen molar-refractivity contribution in [2.24, 2.45) is 0 Å². The second-order valence-corrected chi connectivity index (χ2v) is 6.18. The van der Waals surface area contributed by atoms with Gasteiger partial charge in [0, 0.05) is 11.4 Å². The molecule has 3 aromatic rings. The number of hydrogen-bond donors (Lipinski definition) is 2. The summed E-state index contributed by atoms with van der Waals surface area (Å²) in [7, 11) is 1.67. The summed E-state index contributed by atoms with van der Waals surface area (Å²) in [6.45, 7) is 2.14. The second kappa shape index (κ2) is 7.88. The van der Waals surface area contributed by atoms with Crippen LogP contribution in [0.15, 0.2) is 53.7 Å². The number of anilines is 2. The van der Waals surface area contributed by atoms with Gasteiger partial charge in [0.2, 0.25) is 11.1 Å². The fourth-order valence-electron chi connectivity index (χ4n) is 2.31. The molecule has 0 radical (unpaired) electrons. The Labute approximate surface area is 145 Å². The molecule has 0 fully saturated rings. The Morgan fingerprint density at radius 2 is 1.92 bits per heavy atom. The van der Waals surface area contributed by atoms with Crippen LogP contribution < -0.4 is 10.1 Å². The first kappa shape index (κ1) is 16.4. The zero-order valence-electron chi connectivity index (χ0n) is 13.7. The number of aromatic nitrogens is 3. The van der Waals surface area contributed by atoms with E-state index < -0.39 is 0 Å². The smallest absolute Gasteiger partial charge is 0.223 e. The van der Waals surface area contributed by atoms with Crippen LogP contribution in [0.3, 0.4) is 0 Å². The average molecular weight is 340 g/mol. The number of aryl methyl sites for hydroxylation is 1. The van der Waals surface area contributed by atoms with Crippen molar-refractivity contribution < 1.29 is 4.74 Å². The maximum atomic E-state index is 5.17. The lowest BCUT2D eigenvalue weighted by Gasteiger charge is -2.07. The van der Waals surface area contributed by atoms with Gasteiger partial charge in [0.05, 0.1) is 7.11 Å². The fraction of sp³-hybridized carbons (Fsp3) is 0.222. The third-order valence-corrected chi connectivity index (χ3v) is 4.56. The molecule has 1 aromatic heterocycles. The van der Waals surface area contributed by atoms with Gasteiger partial charge in [0.1, 0.15) is 5.75 Å². The number of ether oxygens (including phenoxy) is 1. The average Bonchev–Trinajstić information content (AvgIpc) is 3.08. The van der Waals surface area contributed by atoms with Gasteiger partial charge in [-0.25, -0.2) is 5.10 Å². The molecule has 1 heterocycles. The lowest BCUT2D eigenvalue weighted by atomic mass is 10.1. The van der Waals surface area contributed by atoms with E-state index in [2.05, 4.69) is 45.6 Å². The van der Waals surface area contributed by atoms with Crippen LogP contribution in [0.2, 0.25) is 0 Å². The van der Waals surface area contributed by atoms with E-state index in [1.165, 1.54) is 11.1 Å². The minimum Gasteiger partial charge on any atom is -0.497 e. The summed E-state index contributed by atoms with van der Waals surface area (Å²) < 4.78 is 5.17. The maximum Gasteiger partial charge on any atom is 0.223 e. The first-order valence-corrected chi connectivity index (χ1v) is 8.80. The van der Waals surface area contributed by atoms with Crippen LogP contribution in [0.4, 0.5) is 11.6 Å². The first-order chi connectivity index (χ1) is 11.8. The molecule has 0 aliphatic carbocycles. The molecule has 124 valence electrons. The van der Waals surface area contributed by atoms with E-state index in [0.717, 1.165) is 28.8 Å². The van der Waals surface area contributed by atoms with Gasteiger partial charge in [-0.1, -0.05) is 49.0 Å². The van der Waals surface area contributed by atoms with E-state index in [0.29, 0.717) is 5.95 Å². The predicted octanol–water partition coefficient (Wildman–Crippen LogP) is 4.41. The number of H-pyrrole nitrogens is 1. The molecule has 0 saturated heterocycles. The number of aromatic amines is 1. The molecule has 3 rings (SSSR count). The molecule has 5 nitrogen and oxygen atoms in total. The molecule has 0 saturated carbocycles. The predicted molar refractivity (Wildman–Crippen MR) is 98.0 cm³/mol. The van der Waals surface area contributed by atoms with Crippen LogP contribution in [0.5, 0.6) is 5.75 Å². The van der Waals surface area contributed by atoms with Crippen molar-refractivity contribution in [1.29, 1.82) is 0 Å². The van der Waals surface area contributed by atoms with Gasteiger partial charge in [-0.2, -0.15) is 4.98 Å². The Hall–Kier alpha value is -2.47. The van der Waals surface area contributed by atoms with Gasteiger partial charge in [-0.15, -0.1) is 5.10 Å². The van der Waals surface area contributed by atoms with Crippen molar-refractivity contribution in [2.75, 3.05) is 12.4 Å². The lowest BCUT2D eigenvalue weighted by Crippen LogP contribution is -1.96. The van der Waals surface area contributed by atoms with E-state index in [9.17, 15) is 0 Å². The van der Waals surface area contributed by atoms with Crippen molar-refractivity contribution in [2.45, 2.75) is 24.3 Å². The normalized spacial score (nSPS) is 10.6. The van der Waals surface area contributed by atoms with E-state index in [4.69, 9.17) is 4.74 Å². The van der Waals surface area contributed by atoms with Gasteiger partial charge in [0.25, 0.3) is 0 Å². The van der Waals surface area contributed by atoms with Crippen LogP contribution >= 0.6 is 11.8 Å². The van der Waals surface area contributed by atoms with Crippen LogP contribution in [0.1, 0.15) is 18.1 Å². The zero-order valence-corrected chi connectivity index (χ0v) is 14.6. The molecule has 24 heavy (non-hydrogen) atoms. The molecular formula is C18H20N4OS. The highest BCUT2D eigenvalue weighted by Crippen LogP contribution is 2.23. The summed E-state index contributed by atoms with van der Waals surface area (Å²) in [5.41, 5.74) is 3.51. The van der Waals surface area contributed by atoms with Gasteiger partial charge in [-0.3, -0.25) is 0 Å². The molecule has 0 aliphatic rings. The molecule has 0 spiro atoms. The van der Waals surface area contributed by atoms with Crippen molar-refractivity contribution in [1.82, 2.24) is 15.2 Å². The molecular weight excluding hydrogens is 320 g/mol. The summed E-state index contributed by atoms with van der Waals surface area (Å²) in [6.07, 6.45) is 0.969. The number of benzene rings is 2. The highest BCUT2D eigenvalue weighted by atomic mass is 32.2. The molecule has 0 atom stereocenters. The molecule has 6 heteroatoms. The number of nitrogens with one attached hydrogen (secondary N) is 2. The topological polar surface area (TPSA) is 62.8 Å². The summed E-state index contributed by atoms with van der Waals surface area (Å²) >= 11 is 1.59. The molecule has 0 bridgehead atoms. The van der Waals surface area contributed by atoms with Gasteiger partial charge in [0.15, 0.2) is 0 Å². The number of nitrogens with zero attached hydrogens (tertiary/aromatic N) is 2. The van der Waals surface area contributed by atoms with Crippen LogP contribution in [-0.4, -0.2) is 22.3 Å². The van der Waals surface area contributed by atoms with Gasteiger partial charge >= 0.3 is 0 Å². The summed E-state index contributed by atoms with van der Waals surface area (Å²) in [5, 5.41) is 11.2. The SMILES string of the molecule is CCc1ccccc1Nc1nc(SCc2ccc(OC)cc2)n[nH]1. The molecule has 0 unspecified atom stereocenters. The highest BCUT2D eigenvalue weighted by molar-refractivity contribution is 7.98. The maximum absolute atomic E-state index is 5.17. The zero-order chi connectivity index (χ0) is 16.8. The van der Waals surface area contributed by atoms with Gasteiger partial charge < -0.3 is 10.1 Å². The Morgan fingerprint density at radius 1 is 1.12 bits per heavy atom. The minimum absolute atomic E-state index is 0.660. The largest absolute Gasteiger partial charge is 0.497 e. The number of rotatable bonds is 7.